The molecule has 3 aromatic rings. The number of carbonyl (C=O) groups excluding carboxylic acids is 1. The van der Waals surface area contributed by atoms with Crippen LogP contribution in [0.1, 0.15) is 27.2 Å². The number of hydrogen-bond acceptors (Lipinski definition) is 4. The Morgan fingerprint density at radius 1 is 1.04 bits per heavy atom. The molecule has 4 nitrogen and oxygen atoms in total. The number of thioether (sulfide) groups is 1. The largest absolute Gasteiger partial charge is 0.489 e. The summed E-state index contributed by atoms with van der Waals surface area (Å²) in [5.74, 6) is 0.433. The van der Waals surface area contributed by atoms with Crippen LogP contribution >= 0.6 is 11.8 Å². The van der Waals surface area contributed by atoms with Crippen molar-refractivity contribution >= 4 is 17.7 Å². The second-order valence-corrected chi connectivity index (χ2v) is 6.74. The van der Waals surface area contributed by atoms with Crippen molar-refractivity contribution in [3.8, 4) is 5.75 Å². The average molecular weight is 364 g/mol. The van der Waals surface area contributed by atoms with E-state index in [1.807, 2.05) is 48.5 Å². The minimum atomic E-state index is -0.417. The molecule has 26 heavy (non-hydrogen) atoms. The van der Waals surface area contributed by atoms with Gasteiger partial charge in [-0.15, -0.1) is 11.8 Å². The first-order valence-corrected chi connectivity index (χ1v) is 9.46. The predicted molar refractivity (Wildman–Crippen MR) is 105 cm³/mol. The molecule has 0 fully saturated rings. The van der Waals surface area contributed by atoms with E-state index in [4.69, 9.17) is 10.5 Å². The van der Waals surface area contributed by atoms with Crippen LogP contribution < -0.4 is 10.5 Å². The summed E-state index contributed by atoms with van der Waals surface area (Å²) >= 11 is 1.71. The minimum Gasteiger partial charge on any atom is -0.489 e. The first-order chi connectivity index (χ1) is 12.6. The highest BCUT2D eigenvalue weighted by Crippen LogP contribution is 2.20. The molecule has 0 bridgehead atoms. The van der Waals surface area contributed by atoms with E-state index >= 15 is 0 Å². The molecule has 1 aromatic heterocycles. The van der Waals surface area contributed by atoms with Crippen molar-refractivity contribution in [3.63, 3.8) is 0 Å². The van der Waals surface area contributed by atoms with Gasteiger partial charge in [0.25, 0.3) is 0 Å². The molecule has 0 aliphatic rings. The van der Waals surface area contributed by atoms with Gasteiger partial charge >= 0.3 is 0 Å². The Kier molecular flexibility index (Phi) is 5.92. The van der Waals surface area contributed by atoms with Crippen LogP contribution in [0.25, 0.3) is 0 Å². The molecule has 1 amide bonds. The quantitative estimate of drug-likeness (QED) is 0.642. The van der Waals surface area contributed by atoms with Gasteiger partial charge in [-0.25, -0.2) is 0 Å². The summed E-state index contributed by atoms with van der Waals surface area (Å²) in [5, 5.41) is 0. The Morgan fingerprint density at radius 2 is 1.77 bits per heavy atom. The number of rotatable bonds is 7. The fourth-order valence-electron chi connectivity index (χ4n) is 2.55. The summed E-state index contributed by atoms with van der Waals surface area (Å²) in [6.07, 6.45) is 4.54. The molecule has 2 aromatic carbocycles. The molecule has 5 heteroatoms. The highest BCUT2D eigenvalue weighted by Gasteiger charge is 2.04. The summed E-state index contributed by atoms with van der Waals surface area (Å²) < 4.78 is 5.85. The number of amides is 1. The number of pyridine rings is 1. The molecule has 0 aliphatic heterocycles. The summed E-state index contributed by atoms with van der Waals surface area (Å²) in [6, 6.07) is 19.3. The molecule has 132 valence electrons. The lowest BCUT2D eigenvalue weighted by Gasteiger charge is -2.08. The second kappa shape index (κ2) is 8.54. The third kappa shape index (κ3) is 4.86. The van der Waals surface area contributed by atoms with Crippen molar-refractivity contribution in [2.24, 2.45) is 5.73 Å². The predicted octanol–water partition coefficient (Wildman–Crippen LogP) is 4.07. The Hall–Kier alpha value is -2.79. The minimum absolute atomic E-state index is 0.417. The van der Waals surface area contributed by atoms with E-state index in [0.717, 1.165) is 22.6 Å². The molecule has 3 rings (SSSR count). The van der Waals surface area contributed by atoms with Gasteiger partial charge in [-0.1, -0.05) is 12.1 Å². The van der Waals surface area contributed by atoms with E-state index in [9.17, 15) is 4.79 Å². The van der Waals surface area contributed by atoms with E-state index < -0.39 is 5.91 Å². The van der Waals surface area contributed by atoms with Gasteiger partial charge in [0, 0.05) is 28.8 Å². The van der Waals surface area contributed by atoms with Gasteiger partial charge in [-0.05, 0) is 65.9 Å². The number of ether oxygens (including phenoxy) is 1. The topological polar surface area (TPSA) is 65.2 Å². The third-order valence-corrected chi connectivity index (χ3v) is 4.71. The van der Waals surface area contributed by atoms with E-state index in [2.05, 4.69) is 11.2 Å². The van der Waals surface area contributed by atoms with Gasteiger partial charge in [0.15, 0.2) is 0 Å². The number of nitrogens with zero attached hydrogens (tertiary/aromatic N) is 1. The second-order valence-electron chi connectivity index (χ2n) is 5.86. The normalized spacial score (nSPS) is 10.5. The van der Waals surface area contributed by atoms with Crippen LogP contribution in [-0.2, 0) is 13.0 Å². The Labute approximate surface area is 157 Å². The molecule has 0 spiro atoms. The van der Waals surface area contributed by atoms with Gasteiger partial charge in [0.05, 0.1) is 0 Å². The molecule has 2 N–H and O–H groups in total. The van der Waals surface area contributed by atoms with Crippen molar-refractivity contribution in [1.29, 1.82) is 0 Å². The van der Waals surface area contributed by atoms with Crippen molar-refractivity contribution in [1.82, 2.24) is 4.98 Å². The van der Waals surface area contributed by atoms with E-state index in [-0.39, 0.29) is 0 Å². The van der Waals surface area contributed by atoms with Crippen molar-refractivity contribution in [2.75, 3.05) is 6.26 Å². The molecule has 1 heterocycles. The maximum absolute atomic E-state index is 11.1. The van der Waals surface area contributed by atoms with Crippen LogP contribution in [0.4, 0.5) is 0 Å². The van der Waals surface area contributed by atoms with Crippen LogP contribution in [0.3, 0.4) is 0 Å². The molecule has 0 radical (unpaired) electrons. The molecule has 0 saturated heterocycles. The number of primary amides is 1. The van der Waals surface area contributed by atoms with E-state index in [1.54, 1.807) is 30.1 Å². The van der Waals surface area contributed by atoms with Crippen LogP contribution in [0.15, 0.2) is 71.8 Å². The first-order valence-electron chi connectivity index (χ1n) is 8.23. The molecule has 0 aliphatic carbocycles. The first kappa shape index (κ1) is 18.0. The summed E-state index contributed by atoms with van der Waals surface area (Å²) in [7, 11) is 0. The number of carbonyl (C=O) groups is 1. The molecule has 0 saturated carbocycles. The Morgan fingerprint density at radius 3 is 2.42 bits per heavy atom. The lowest BCUT2D eigenvalue weighted by molar-refractivity contribution is 0.100. The standard InChI is InChI=1S/C21H20N2O2S/c1-26-20-8-6-19(7-9-20)25-14-16-10-11-23-18(13-16)12-15-2-4-17(5-3-15)21(22)24/h2-11,13H,12,14H2,1H3,(H2,22,24). The average Bonchev–Trinajstić information content (AvgIpc) is 2.67. The van der Waals surface area contributed by atoms with E-state index in [1.165, 1.54) is 4.90 Å². The Bertz CT molecular complexity index is 877. The summed E-state index contributed by atoms with van der Waals surface area (Å²) in [4.78, 5) is 16.8. The van der Waals surface area contributed by atoms with Gasteiger partial charge < -0.3 is 10.5 Å². The zero-order valence-corrected chi connectivity index (χ0v) is 15.3. The summed E-state index contributed by atoms with van der Waals surface area (Å²) in [6.45, 7) is 0.495. The number of nitrogens with two attached hydrogens (primary N) is 1. The number of benzene rings is 2. The monoisotopic (exact) mass is 364 g/mol. The zero-order chi connectivity index (χ0) is 18.4. The van der Waals surface area contributed by atoms with Crippen molar-refractivity contribution < 1.29 is 9.53 Å². The van der Waals surface area contributed by atoms with E-state index in [0.29, 0.717) is 18.6 Å². The van der Waals surface area contributed by atoms with Gasteiger partial charge in [0.2, 0.25) is 5.91 Å². The molecule has 0 atom stereocenters. The molecular formula is C21H20N2O2S. The summed E-state index contributed by atoms with van der Waals surface area (Å²) in [5.41, 5.74) is 8.88. The molecule has 0 unspecified atom stereocenters. The van der Waals surface area contributed by atoms with Gasteiger partial charge in [-0.3, -0.25) is 9.78 Å². The fraction of sp³-hybridized carbons (Fsp3) is 0.143. The van der Waals surface area contributed by atoms with Crippen LogP contribution in [0.5, 0.6) is 5.75 Å². The third-order valence-electron chi connectivity index (χ3n) is 3.97. The lowest BCUT2D eigenvalue weighted by Crippen LogP contribution is -2.10. The number of aromatic nitrogens is 1. The van der Waals surface area contributed by atoms with Crippen LogP contribution in [0, 0.1) is 0 Å². The number of hydrogen-bond donors (Lipinski definition) is 1. The smallest absolute Gasteiger partial charge is 0.248 e. The highest BCUT2D eigenvalue weighted by atomic mass is 32.2. The maximum atomic E-state index is 11.1. The fourth-order valence-corrected chi connectivity index (χ4v) is 2.96. The van der Waals surface area contributed by atoms with Crippen LogP contribution in [0.2, 0.25) is 0 Å². The molecular weight excluding hydrogens is 344 g/mol. The van der Waals surface area contributed by atoms with Crippen molar-refractivity contribution in [3.05, 3.63) is 89.2 Å². The van der Waals surface area contributed by atoms with Gasteiger partial charge in [0.1, 0.15) is 12.4 Å². The van der Waals surface area contributed by atoms with Gasteiger partial charge in [-0.2, -0.15) is 0 Å². The SMILES string of the molecule is CSc1ccc(OCc2ccnc(Cc3ccc(C(N)=O)cc3)c2)cc1. The maximum Gasteiger partial charge on any atom is 0.248 e. The zero-order valence-electron chi connectivity index (χ0n) is 14.5. The lowest BCUT2D eigenvalue weighted by atomic mass is 10.1. The van der Waals surface area contributed by atoms with Crippen molar-refractivity contribution in [2.45, 2.75) is 17.9 Å². The Balaban J connectivity index is 1.62. The van der Waals surface area contributed by atoms with Crippen LogP contribution in [-0.4, -0.2) is 17.1 Å². The highest BCUT2D eigenvalue weighted by molar-refractivity contribution is 7.98.